The first-order valence-electron chi connectivity index (χ1n) is 21.8. The van der Waals surface area contributed by atoms with Crippen LogP contribution in [0, 0.1) is 0 Å². The molecule has 1 saturated heterocycles. The summed E-state index contributed by atoms with van der Waals surface area (Å²) < 4.78 is 28.8. The maximum absolute atomic E-state index is 14.6. The highest BCUT2D eigenvalue weighted by atomic mass is 35.5. The van der Waals surface area contributed by atoms with Crippen molar-refractivity contribution in [1.82, 2.24) is 15.2 Å². The Balaban J connectivity index is 1.31. The molecule has 4 aromatic rings. The molecule has 6 rings (SSSR count). The third-order valence-corrected chi connectivity index (χ3v) is 18.6. The number of ether oxygens (including phenoxy) is 4. The number of alkyl halides is 1. The van der Waals surface area contributed by atoms with Gasteiger partial charge in [0.25, 0.3) is 11.8 Å². The third kappa shape index (κ3) is 13.3. The fourth-order valence-electron chi connectivity index (χ4n) is 6.54. The van der Waals surface area contributed by atoms with Crippen LogP contribution >= 0.6 is 46.3 Å². The van der Waals surface area contributed by atoms with E-state index in [1.54, 1.807) is 52.1 Å². The van der Waals surface area contributed by atoms with E-state index in [1.165, 1.54) is 16.7 Å². The van der Waals surface area contributed by atoms with E-state index < -0.39 is 73.1 Å². The lowest BCUT2D eigenvalue weighted by atomic mass is 10.0. The van der Waals surface area contributed by atoms with Gasteiger partial charge >= 0.3 is 18.0 Å². The van der Waals surface area contributed by atoms with Crippen LogP contribution in [0.25, 0.3) is 0 Å². The van der Waals surface area contributed by atoms with Crippen molar-refractivity contribution < 1.29 is 52.2 Å². The number of benzene rings is 3. The zero-order chi connectivity index (χ0) is 50.3. The van der Waals surface area contributed by atoms with Gasteiger partial charge in [0.2, 0.25) is 6.10 Å². The molecule has 1 fully saturated rings. The average molecular weight is 1040 g/mol. The van der Waals surface area contributed by atoms with Gasteiger partial charge in [-0.05, 0) is 73.3 Å². The minimum atomic E-state index is -2.55. The number of amides is 3. The molecule has 0 spiro atoms. The van der Waals surface area contributed by atoms with Crippen LogP contribution in [-0.4, -0.2) is 102 Å². The van der Waals surface area contributed by atoms with Gasteiger partial charge in [0, 0.05) is 11.6 Å². The van der Waals surface area contributed by atoms with Crippen LogP contribution in [0.5, 0.6) is 5.75 Å². The molecule has 0 aliphatic carbocycles. The number of halogens is 2. The van der Waals surface area contributed by atoms with Crippen molar-refractivity contribution in [3.05, 3.63) is 123 Å². The SMILES string of the molecule is COc1ccc(COC(=O)C2=C(CCl)CSC3C(NC(=O)/C(=N\O[C@H](CO[Si](C)(C)C(C)(C)C)C(=O)OC(c4ccccc4)c4ccccc4)c4nc(NC(=O)OC(C)(C)C)sc4Cl)C(=O)N23)cc1. The van der Waals surface area contributed by atoms with Gasteiger partial charge in [-0.15, -0.1) is 23.4 Å². The molecule has 2 N–H and O–H groups in total. The summed E-state index contributed by atoms with van der Waals surface area (Å²) in [5.41, 5.74) is 0.874. The van der Waals surface area contributed by atoms with Gasteiger partial charge in [0.05, 0.1) is 13.7 Å². The van der Waals surface area contributed by atoms with Crippen LogP contribution in [-0.2, 0) is 49.3 Å². The molecule has 1 aromatic heterocycles. The third-order valence-electron chi connectivity index (χ3n) is 11.2. The molecule has 368 valence electrons. The van der Waals surface area contributed by atoms with Crippen molar-refractivity contribution >= 4 is 95.3 Å². The van der Waals surface area contributed by atoms with Gasteiger partial charge in [-0.1, -0.05) is 122 Å². The summed E-state index contributed by atoms with van der Waals surface area (Å²) in [7, 11) is -1.00. The number of thioether (sulfide) groups is 1. The predicted octanol–water partition coefficient (Wildman–Crippen LogP) is 9.23. The van der Waals surface area contributed by atoms with E-state index >= 15 is 0 Å². The van der Waals surface area contributed by atoms with Crippen molar-refractivity contribution in [3.8, 4) is 5.75 Å². The van der Waals surface area contributed by atoms with E-state index in [1.807, 2.05) is 94.5 Å². The fourth-order valence-corrected chi connectivity index (χ4v) is 10.3. The van der Waals surface area contributed by atoms with Crippen LogP contribution in [0.2, 0.25) is 22.5 Å². The summed E-state index contributed by atoms with van der Waals surface area (Å²) in [6, 6.07) is 24.1. The van der Waals surface area contributed by atoms with Crippen molar-refractivity contribution in [1.29, 1.82) is 0 Å². The van der Waals surface area contributed by atoms with Gasteiger partial charge in [-0.3, -0.25) is 19.8 Å². The second kappa shape index (κ2) is 22.5. The number of nitrogens with one attached hydrogen (secondary N) is 2. The lowest BCUT2D eigenvalue weighted by Crippen LogP contribution is -2.71. The largest absolute Gasteiger partial charge is 0.497 e. The molecule has 3 atom stereocenters. The van der Waals surface area contributed by atoms with Crippen molar-refractivity contribution in [2.24, 2.45) is 5.16 Å². The van der Waals surface area contributed by atoms with E-state index in [9.17, 15) is 24.0 Å². The number of methoxy groups -OCH3 is 1. The van der Waals surface area contributed by atoms with Crippen LogP contribution in [0.1, 0.15) is 70.0 Å². The van der Waals surface area contributed by atoms with Crippen LogP contribution in [0.3, 0.4) is 0 Å². The number of β-lactam (4-membered cyclic amide) rings is 1. The number of rotatable bonds is 18. The lowest BCUT2D eigenvalue weighted by molar-refractivity contribution is -0.163. The molecule has 3 heterocycles. The number of hydrogen-bond donors (Lipinski definition) is 2. The Kier molecular flexibility index (Phi) is 17.3. The molecular weight excluding hydrogens is 986 g/mol. The molecule has 16 nitrogen and oxygen atoms in total. The van der Waals surface area contributed by atoms with Crippen molar-refractivity contribution in [3.63, 3.8) is 0 Å². The molecule has 0 radical (unpaired) electrons. The van der Waals surface area contributed by atoms with Gasteiger partial charge in [0.15, 0.2) is 25.3 Å². The van der Waals surface area contributed by atoms with E-state index in [-0.39, 0.29) is 50.7 Å². The molecule has 3 aromatic carbocycles. The number of anilines is 1. The Morgan fingerprint density at radius 2 is 1.57 bits per heavy atom. The predicted molar refractivity (Wildman–Crippen MR) is 268 cm³/mol. The van der Waals surface area contributed by atoms with Gasteiger partial charge in [-0.2, -0.15) is 0 Å². The fraction of sp³-hybridized carbons (Fsp3) is 0.396. The summed E-state index contributed by atoms with van der Waals surface area (Å²) in [5, 5.41) is 8.37. The minimum absolute atomic E-state index is 0.0113. The van der Waals surface area contributed by atoms with Gasteiger partial charge in [-0.25, -0.2) is 19.4 Å². The second-order valence-corrected chi connectivity index (χ2v) is 26.2. The quantitative estimate of drug-likeness (QED) is 0.0182. The highest BCUT2D eigenvalue weighted by Gasteiger charge is 2.55. The molecule has 2 aliphatic heterocycles. The minimum Gasteiger partial charge on any atom is -0.497 e. The Morgan fingerprint density at radius 3 is 2.13 bits per heavy atom. The highest BCUT2D eigenvalue weighted by molar-refractivity contribution is 8.00. The van der Waals surface area contributed by atoms with E-state index in [2.05, 4.69) is 20.8 Å². The number of thiazole rings is 1. The second-order valence-electron chi connectivity index (χ2n) is 18.4. The zero-order valence-corrected chi connectivity index (χ0v) is 43.8. The first-order chi connectivity index (χ1) is 32.6. The highest BCUT2D eigenvalue weighted by Crippen LogP contribution is 2.42. The monoisotopic (exact) mass is 1040 g/mol. The molecule has 2 unspecified atom stereocenters. The van der Waals surface area contributed by atoms with E-state index in [4.69, 9.17) is 51.4 Å². The first-order valence-corrected chi connectivity index (χ1v) is 27.5. The Bertz CT molecular complexity index is 2530. The molecule has 21 heteroatoms. The average Bonchev–Trinajstić information content (AvgIpc) is 3.67. The Morgan fingerprint density at radius 1 is 0.942 bits per heavy atom. The summed E-state index contributed by atoms with van der Waals surface area (Å²) in [5.74, 6) is -2.40. The topological polar surface area (TPSA) is 193 Å². The maximum Gasteiger partial charge on any atom is 0.413 e. The number of aromatic nitrogens is 1. The summed E-state index contributed by atoms with van der Waals surface area (Å²) >= 11 is 15.1. The van der Waals surface area contributed by atoms with Crippen molar-refractivity contribution in [2.75, 3.05) is 30.7 Å². The van der Waals surface area contributed by atoms with Gasteiger partial charge in [0.1, 0.15) is 45.1 Å². The van der Waals surface area contributed by atoms with Crippen LogP contribution in [0.4, 0.5) is 9.93 Å². The standard InChI is InChI=1S/C48H55Cl2N5O11S2Si/c1-47(2,3)65-46(60)53-45-52-34(39(50)68-45)35(40(56)51-36-41(57)55-37(31(24-49)27-67-42(36)55)44(59)62-25-28-20-22-32(61-7)23-21-28)54-66-33(26-63-69(8,9)48(4,5)6)43(58)64-38(29-16-12-10-13-17-29)30-18-14-11-15-19-30/h10-23,33,36,38,42H,24-27H2,1-9H3,(H,51,56)(H,52,53,60)/b54-35-/t33-,36?,42?/m1/s1. The molecule has 3 amide bonds. The first kappa shape index (κ1) is 52.9. The summed E-state index contributed by atoms with van der Waals surface area (Å²) in [4.78, 5) is 81.1. The number of carbonyl (C=O) groups is 5. The van der Waals surface area contributed by atoms with Crippen LogP contribution < -0.4 is 15.4 Å². The molecule has 0 saturated carbocycles. The summed E-state index contributed by atoms with van der Waals surface area (Å²) in [6.45, 7) is 14.8. The van der Waals surface area contributed by atoms with Crippen LogP contribution in [0.15, 0.2) is 101 Å². The zero-order valence-electron chi connectivity index (χ0n) is 39.6. The lowest BCUT2D eigenvalue weighted by Gasteiger charge is -2.49. The van der Waals surface area contributed by atoms with E-state index in [0.29, 0.717) is 28.0 Å². The molecule has 0 bridgehead atoms. The number of carbonyl (C=O) groups excluding carboxylic acids is 5. The molecule has 69 heavy (non-hydrogen) atoms. The number of fused-ring (bicyclic) bond motifs is 1. The number of nitrogens with zero attached hydrogens (tertiary/aromatic N) is 3. The Labute approximate surface area is 420 Å². The summed E-state index contributed by atoms with van der Waals surface area (Å²) in [6.07, 6.45) is -3.25. The molecular formula is C48H55Cl2N5O11S2Si. The smallest absolute Gasteiger partial charge is 0.413 e. The van der Waals surface area contributed by atoms with Gasteiger partial charge < -0.3 is 33.5 Å². The number of hydrogen-bond acceptors (Lipinski definition) is 15. The number of oxime groups is 1. The normalized spacial score (nSPS) is 16.8. The van der Waals surface area contributed by atoms with E-state index in [0.717, 1.165) is 11.3 Å². The number of esters is 2. The maximum atomic E-state index is 14.6. The Hall–Kier alpha value is -5.44. The molecule has 2 aliphatic rings. The van der Waals surface area contributed by atoms with Crippen molar-refractivity contribution in [2.45, 2.75) is 95.5 Å².